The van der Waals surface area contributed by atoms with Crippen LogP contribution in [-0.2, 0) is 14.4 Å². The van der Waals surface area contributed by atoms with Crippen molar-refractivity contribution in [2.45, 2.75) is 77.2 Å². The standard InChI is InChI=1S/C14H27NO4/c1-12(2)7-11(18-10-16)8-13(3,4)15(12)19-9-14(5,6)17/h10-11,17H,7-9H2,1-6H3. The van der Waals surface area contributed by atoms with Crippen LogP contribution in [0.4, 0.5) is 0 Å². The molecular weight excluding hydrogens is 246 g/mol. The first kappa shape index (κ1) is 16.4. The van der Waals surface area contributed by atoms with E-state index in [-0.39, 0.29) is 23.8 Å². The van der Waals surface area contributed by atoms with Gasteiger partial charge in [0.1, 0.15) is 6.10 Å². The summed E-state index contributed by atoms with van der Waals surface area (Å²) in [6, 6.07) is 0. The van der Waals surface area contributed by atoms with Crippen molar-refractivity contribution >= 4 is 6.47 Å². The average molecular weight is 273 g/mol. The molecule has 0 amide bonds. The van der Waals surface area contributed by atoms with Crippen molar-refractivity contribution in [3.8, 4) is 0 Å². The predicted molar refractivity (Wildman–Crippen MR) is 72.4 cm³/mol. The van der Waals surface area contributed by atoms with Crippen LogP contribution in [-0.4, -0.2) is 46.0 Å². The van der Waals surface area contributed by atoms with E-state index in [1.54, 1.807) is 13.8 Å². The Hall–Kier alpha value is -0.650. The first-order valence-electron chi connectivity index (χ1n) is 6.73. The van der Waals surface area contributed by atoms with E-state index < -0.39 is 5.60 Å². The van der Waals surface area contributed by atoms with Crippen LogP contribution in [0.25, 0.3) is 0 Å². The molecule has 5 nitrogen and oxygen atoms in total. The Bertz CT molecular complexity index is 302. The number of carbonyl (C=O) groups excluding carboxylic acids is 1. The molecule has 1 fully saturated rings. The molecule has 19 heavy (non-hydrogen) atoms. The van der Waals surface area contributed by atoms with Gasteiger partial charge in [-0.2, -0.15) is 5.06 Å². The molecule has 0 radical (unpaired) electrons. The predicted octanol–water partition coefficient (Wildman–Crippen LogP) is 1.88. The van der Waals surface area contributed by atoms with Gasteiger partial charge in [0.15, 0.2) is 0 Å². The molecule has 1 aliphatic heterocycles. The largest absolute Gasteiger partial charge is 0.464 e. The Balaban J connectivity index is 2.81. The van der Waals surface area contributed by atoms with Gasteiger partial charge in [-0.3, -0.25) is 9.63 Å². The summed E-state index contributed by atoms with van der Waals surface area (Å²) >= 11 is 0. The van der Waals surface area contributed by atoms with Crippen LogP contribution in [0.3, 0.4) is 0 Å². The molecule has 0 unspecified atom stereocenters. The normalized spacial score (nSPS) is 24.2. The van der Waals surface area contributed by atoms with E-state index in [4.69, 9.17) is 9.57 Å². The molecule has 0 aliphatic carbocycles. The summed E-state index contributed by atoms with van der Waals surface area (Å²) in [5, 5.41) is 11.7. The number of aliphatic hydroxyl groups is 1. The fourth-order valence-electron chi connectivity index (χ4n) is 2.92. The quantitative estimate of drug-likeness (QED) is 0.775. The second-order valence-electron chi connectivity index (χ2n) is 7.27. The van der Waals surface area contributed by atoms with Crippen molar-refractivity contribution in [3.05, 3.63) is 0 Å². The molecule has 1 aliphatic rings. The third-order valence-corrected chi connectivity index (χ3v) is 3.35. The molecule has 0 atom stereocenters. The lowest BCUT2D eigenvalue weighted by Gasteiger charge is -2.53. The first-order chi connectivity index (χ1) is 8.48. The fourth-order valence-corrected chi connectivity index (χ4v) is 2.92. The lowest BCUT2D eigenvalue weighted by molar-refractivity contribution is -0.306. The summed E-state index contributed by atoms with van der Waals surface area (Å²) in [4.78, 5) is 16.4. The minimum Gasteiger partial charge on any atom is -0.464 e. The summed E-state index contributed by atoms with van der Waals surface area (Å²) in [6.07, 6.45) is 1.33. The second-order valence-corrected chi connectivity index (χ2v) is 7.27. The van der Waals surface area contributed by atoms with E-state index in [1.807, 2.05) is 5.06 Å². The van der Waals surface area contributed by atoms with Crippen LogP contribution in [0.1, 0.15) is 54.4 Å². The van der Waals surface area contributed by atoms with E-state index in [2.05, 4.69) is 27.7 Å². The Morgan fingerprint density at radius 3 is 2.11 bits per heavy atom. The van der Waals surface area contributed by atoms with Gasteiger partial charge in [-0.25, -0.2) is 0 Å². The number of carbonyl (C=O) groups is 1. The van der Waals surface area contributed by atoms with Crippen molar-refractivity contribution < 1.29 is 19.5 Å². The maximum atomic E-state index is 10.5. The van der Waals surface area contributed by atoms with Gasteiger partial charge in [-0.05, 0) is 41.5 Å². The lowest BCUT2D eigenvalue weighted by atomic mass is 9.80. The molecule has 1 saturated heterocycles. The van der Waals surface area contributed by atoms with Gasteiger partial charge in [0.05, 0.1) is 12.2 Å². The summed E-state index contributed by atoms with van der Waals surface area (Å²) < 4.78 is 5.14. The smallest absolute Gasteiger partial charge is 0.293 e. The Morgan fingerprint density at radius 1 is 1.26 bits per heavy atom. The Labute approximate surface area is 115 Å². The fraction of sp³-hybridized carbons (Fsp3) is 0.929. The maximum Gasteiger partial charge on any atom is 0.293 e. The molecule has 1 heterocycles. The molecule has 0 aromatic carbocycles. The van der Waals surface area contributed by atoms with Crippen molar-refractivity contribution in [1.29, 1.82) is 0 Å². The van der Waals surface area contributed by atoms with Crippen LogP contribution in [0.5, 0.6) is 0 Å². The summed E-state index contributed by atoms with van der Waals surface area (Å²) in [6.45, 7) is 12.4. The number of ether oxygens (including phenoxy) is 1. The monoisotopic (exact) mass is 273 g/mol. The van der Waals surface area contributed by atoms with Crippen LogP contribution >= 0.6 is 0 Å². The van der Waals surface area contributed by atoms with Gasteiger partial charge < -0.3 is 9.84 Å². The molecule has 5 heteroatoms. The van der Waals surface area contributed by atoms with Crippen LogP contribution < -0.4 is 0 Å². The highest BCUT2D eigenvalue weighted by molar-refractivity contribution is 5.37. The minimum absolute atomic E-state index is 0.0931. The number of nitrogens with zero attached hydrogens (tertiary/aromatic N) is 1. The second kappa shape index (κ2) is 5.38. The van der Waals surface area contributed by atoms with Crippen molar-refractivity contribution in [2.24, 2.45) is 0 Å². The lowest BCUT2D eigenvalue weighted by Crippen LogP contribution is -2.62. The molecule has 112 valence electrons. The Kier molecular flexibility index (Phi) is 4.65. The zero-order valence-electron chi connectivity index (χ0n) is 12.9. The molecule has 1 N–H and O–H groups in total. The van der Waals surface area contributed by atoms with E-state index in [1.165, 1.54) is 0 Å². The molecule has 0 spiro atoms. The molecular formula is C14H27NO4. The van der Waals surface area contributed by atoms with Crippen LogP contribution in [0.15, 0.2) is 0 Å². The number of hydrogen-bond donors (Lipinski definition) is 1. The number of hydrogen-bond acceptors (Lipinski definition) is 5. The number of rotatable bonds is 5. The van der Waals surface area contributed by atoms with E-state index in [0.29, 0.717) is 19.3 Å². The van der Waals surface area contributed by atoms with Crippen molar-refractivity contribution in [1.82, 2.24) is 5.06 Å². The number of piperidine rings is 1. The molecule has 0 aromatic heterocycles. The maximum absolute atomic E-state index is 10.5. The van der Waals surface area contributed by atoms with Crippen molar-refractivity contribution in [3.63, 3.8) is 0 Å². The highest BCUT2D eigenvalue weighted by atomic mass is 16.7. The van der Waals surface area contributed by atoms with Crippen LogP contribution in [0, 0.1) is 0 Å². The first-order valence-corrected chi connectivity index (χ1v) is 6.73. The number of hydroxylamine groups is 2. The topological polar surface area (TPSA) is 59.0 Å². The van der Waals surface area contributed by atoms with Gasteiger partial charge >= 0.3 is 0 Å². The van der Waals surface area contributed by atoms with Gasteiger partial charge in [0, 0.05) is 23.9 Å². The third kappa shape index (κ3) is 4.44. The van der Waals surface area contributed by atoms with Gasteiger partial charge in [0.25, 0.3) is 6.47 Å². The SMILES string of the molecule is CC(C)(O)CON1C(C)(C)CC(OC=O)CC1(C)C. The summed E-state index contributed by atoms with van der Waals surface area (Å²) in [7, 11) is 0. The highest BCUT2D eigenvalue weighted by Crippen LogP contribution is 2.39. The minimum atomic E-state index is -0.873. The zero-order chi connectivity index (χ0) is 14.9. The summed E-state index contributed by atoms with van der Waals surface area (Å²) in [5.74, 6) is 0. The average Bonchev–Trinajstić information content (AvgIpc) is 2.11. The Morgan fingerprint density at radius 2 is 1.74 bits per heavy atom. The van der Waals surface area contributed by atoms with Gasteiger partial charge in [0.2, 0.25) is 0 Å². The van der Waals surface area contributed by atoms with E-state index in [0.717, 1.165) is 0 Å². The molecule has 0 saturated carbocycles. The van der Waals surface area contributed by atoms with Gasteiger partial charge in [-0.1, -0.05) is 0 Å². The highest BCUT2D eigenvalue weighted by Gasteiger charge is 2.47. The van der Waals surface area contributed by atoms with E-state index >= 15 is 0 Å². The molecule has 1 rings (SSSR count). The van der Waals surface area contributed by atoms with E-state index in [9.17, 15) is 9.90 Å². The molecule has 0 aromatic rings. The summed E-state index contributed by atoms with van der Waals surface area (Å²) in [5.41, 5.74) is -1.40. The van der Waals surface area contributed by atoms with Gasteiger partial charge in [-0.15, -0.1) is 0 Å². The third-order valence-electron chi connectivity index (χ3n) is 3.35. The molecule has 0 bridgehead atoms. The van der Waals surface area contributed by atoms with Crippen LogP contribution in [0.2, 0.25) is 0 Å². The zero-order valence-corrected chi connectivity index (χ0v) is 12.9. The van der Waals surface area contributed by atoms with Crippen molar-refractivity contribution in [2.75, 3.05) is 6.61 Å².